The molecule has 0 saturated heterocycles. The van der Waals surface area contributed by atoms with E-state index in [0.29, 0.717) is 45.4 Å². The van der Waals surface area contributed by atoms with E-state index in [9.17, 15) is 9.59 Å². The lowest BCUT2D eigenvalue weighted by Crippen LogP contribution is -2.32. The van der Waals surface area contributed by atoms with Crippen LogP contribution in [0.2, 0.25) is 0 Å². The molecule has 0 aliphatic heterocycles. The molecule has 0 fully saturated rings. The molecule has 198 valence electrons. The average molecular weight is 520 g/mol. The van der Waals surface area contributed by atoms with Crippen LogP contribution in [0, 0.1) is 0 Å². The zero-order valence-electron chi connectivity index (χ0n) is 21.7. The highest BCUT2D eigenvalue weighted by Crippen LogP contribution is 2.33. The molecular formula is C28H29N3O7. The van der Waals surface area contributed by atoms with Gasteiger partial charge in [-0.1, -0.05) is 18.2 Å². The molecule has 0 aliphatic rings. The first-order valence-corrected chi connectivity index (χ1v) is 11.4. The molecule has 2 N–H and O–H groups in total. The van der Waals surface area contributed by atoms with Crippen molar-refractivity contribution >= 4 is 24.1 Å². The van der Waals surface area contributed by atoms with Gasteiger partial charge in [-0.25, -0.2) is 5.43 Å². The molecule has 0 atom stereocenters. The number of hydrazone groups is 1. The van der Waals surface area contributed by atoms with Gasteiger partial charge >= 0.3 is 0 Å². The van der Waals surface area contributed by atoms with Gasteiger partial charge < -0.3 is 29.0 Å². The van der Waals surface area contributed by atoms with Crippen molar-refractivity contribution in [3.05, 3.63) is 83.1 Å². The van der Waals surface area contributed by atoms with E-state index in [-0.39, 0.29) is 5.70 Å². The van der Waals surface area contributed by atoms with Gasteiger partial charge in [0, 0.05) is 22.8 Å². The fraction of sp³-hybridized carbons (Fsp3) is 0.179. The summed E-state index contributed by atoms with van der Waals surface area (Å²) in [4.78, 5) is 26.0. The lowest BCUT2D eigenvalue weighted by molar-refractivity contribution is -0.117. The third-order valence-electron chi connectivity index (χ3n) is 5.37. The van der Waals surface area contributed by atoms with Crippen LogP contribution in [0.1, 0.15) is 21.5 Å². The number of methoxy groups -OCH3 is 5. The zero-order valence-corrected chi connectivity index (χ0v) is 21.7. The standard InChI is InChI=1S/C28H29N3O7/c1-34-21-11-12-23(35-2)19(13-21)14-22(30-27(32)18-9-7-6-8-10-18)28(33)31-29-17-20-15-25(37-4)26(38-5)16-24(20)36-3/h6-17H,1-5H3,(H,30,32)(H,31,33)/b22-14-,29-17+. The Morgan fingerprint density at radius 2 is 1.37 bits per heavy atom. The predicted octanol–water partition coefficient (Wildman–Crippen LogP) is 3.65. The molecule has 2 amide bonds. The summed E-state index contributed by atoms with van der Waals surface area (Å²) in [7, 11) is 7.55. The van der Waals surface area contributed by atoms with Crippen LogP contribution in [0.15, 0.2) is 71.5 Å². The van der Waals surface area contributed by atoms with E-state index in [0.717, 1.165) is 0 Å². The number of ether oxygens (including phenoxy) is 5. The Hall–Kier alpha value is -4.99. The summed E-state index contributed by atoms with van der Waals surface area (Å²) < 4.78 is 26.7. The van der Waals surface area contributed by atoms with Crippen molar-refractivity contribution in [1.29, 1.82) is 0 Å². The minimum atomic E-state index is -0.671. The van der Waals surface area contributed by atoms with E-state index in [1.165, 1.54) is 47.8 Å². The monoisotopic (exact) mass is 519 g/mol. The first-order valence-electron chi connectivity index (χ1n) is 11.4. The van der Waals surface area contributed by atoms with Gasteiger partial charge in [-0.2, -0.15) is 5.10 Å². The summed E-state index contributed by atoms with van der Waals surface area (Å²) in [5, 5.41) is 6.70. The summed E-state index contributed by atoms with van der Waals surface area (Å²) in [6.45, 7) is 0. The van der Waals surface area contributed by atoms with Crippen molar-refractivity contribution in [2.45, 2.75) is 0 Å². The quantitative estimate of drug-likeness (QED) is 0.226. The summed E-state index contributed by atoms with van der Waals surface area (Å²) >= 11 is 0. The lowest BCUT2D eigenvalue weighted by Gasteiger charge is -2.12. The van der Waals surface area contributed by atoms with E-state index in [2.05, 4.69) is 15.8 Å². The molecule has 0 aliphatic carbocycles. The van der Waals surface area contributed by atoms with Gasteiger partial charge in [-0.15, -0.1) is 0 Å². The molecule has 0 spiro atoms. The van der Waals surface area contributed by atoms with Gasteiger partial charge in [-0.05, 0) is 42.5 Å². The number of benzene rings is 3. The molecule has 0 heterocycles. The van der Waals surface area contributed by atoms with E-state index in [1.807, 2.05) is 0 Å². The Bertz CT molecular complexity index is 1340. The molecule has 0 radical (unpaired) electrons. The number of carbonyl (C=O) groups is 2. The van der Waals surface area contributed by atoms with E-state index < -0.39 is 11.8 Å². The second kappa shape index (κ2) is 13.4. The van der Waals surface area contributed by atoms with Crippen LogP contribution >= 0.6 is 0 Å². The SMILES string of the molecule is COc1ccc(OC)c(/C=C(\NC(=O)c2ccccc2)C(=O)N/N=C/c2cc(OC)c(OC)cc2OC)c1. The number of hydrogen-bond donors (Lipinski definition) is 2. The molecule has 0 bridgehead atoms. The third kappa shape index (κ3) is 6.82. The van der Waals surface area contributed by atoms with E-state index in [1.54, 1.807) is 60.7 Å². The van der Waals surface area contributed by atoms with Gasteiger partial charge in [0.15, 0.2) is 11.5 Å². The zero-order chi connectivity index (χ0) is 27.5. The van der Waals surface area contributed by atoms with Crippen molar-refractivity contribution in [3.8, 4) is 28.7 Å². The maximum absolute atomic E-state index is 13.2. The van der Waals surface area contributed by atoms with Gasteiger partial charge in [0.25, 0.3) is 11.8 Å². The second-order valence-electron chi connectivity index (χ2n) is 7.63. The van der Waals surface area contributed by atoms with Gasteiger partial charge in [0.1, 0.15) is 22.9 Å². The molecule has 0 unspecified atom stereocenters. The topological polar surface area (TPSA) is 117 Å². The van der Waals surface area contributed by atoms with Crippen LogP contribution in [0.4, 0.5) is 0 Å². The Kier molecular flexibility index (Phi) is 9.70. The number of rotatable bonds is 11. The first kappa shape index (κ1) is 27.6. The number of hydrogen-bond acceptors (Lipinski definition) is 8. The largest absolute Gasteiger partial charge is 0.497 e. The number of amides is 2. The Morgan fingerprint density at radius 3 is 2.00 bits per heavy atom. The summed E-state index contributed by atoms with van der Waals surface area (Å²) in [5.41, 5.74) is 3.79. The summed E-state index contributed by atoms with van der Waals surface area (Å²) in [5.74, 6) is 1.27. The Balaban J connectivity index is 1.93. The van der Waals surface area contributed by atoms with Gasteiger partial charge in [-0.3, -0.25) is 9.59 Å². The van der Waals surface area contributed by atoms with Crippen LogP contribution in [0.25, 0.3) is 6.08 Å². The van der Waals surface area contributed by atoms with Crippen LogP contribution in [0.3, 0.4) is 0 Å². The average Bonchev–Trinajstić information content (AvgIpc) is 2.96. The first-order chi connectivity index (χ1) is 18.4. The van der Waals surface area contributed by atoms with E-state index >= 15 is 0 Å². The van der Waals surface area contributed by atoms with Crippen molar-refractivity contribution in [2.75, 3.05) is 35.5 Å². The molecule has 38 heavy (non-hydrogen) atoms. The predicted molar refractivity (Wildman–Crippen MR) is 143 cm³/mol. The summed E-state index contributed by atoms with van der Waals surface area (Å²) in [6.07, 6.45) is 2.87. The molecule has 3 rings (SSSR count). The minimum absolute atomic E-state index is 0.0677. The van der Waals surface area contributed by atoms with Crippen LogP contribution in [-0.4, -0.2) is 53.6 Å². The van der Waals surface area contributed by atoms with Crippen molar-refractivity contribution in [1.82, 2.24) is 10.7 Å². The maximum atomic E-state index is 13.2. The van der Waals surface area contributed by atoms with Crippen molar-refractivity contribution in [2.24, 2.45) is 5.10 Å². The van der Waals surface area contributed by atoms with Crippen LogP contribution < -0.4 is 34.4 Å². The molecular weight excluding hydrogens is 490 g/mol. The van der Waals surface area contributed by atoms with E-state index in [4.69, 9.17) is 23.7 Å². The van der Waals surface area contributed by atoms with Crippen molar-refractivity contribution in [3.63, 3.8) is 0 Å². The number of carbonyl (C=O) groups excluding carboxylic acids is 2. The fourth-order valence-corrected chi connectivity index (χ4v) is 3.42. The van der Waals surface area contributed by atoms with Crippen LogP contribution in [0.5, 0.6) is 28.7 Å². The normalized spacial score (nSPS) is 11.0. The highest BCUT2D eigenvalue weighted by atomic mass is 16.5. The Labute approximate surface area is 220 Å². The smallest absolute Gasteiger partial charge is 0.287 e. The Morgan fingerprint density at radius 1 is 0.711 bits per heavy atom. The van der Waals surface area contributed by atoms with Gasteiger partial charge in [0.2, 0.25) is 0 Å². The highest BCUT2D eigenvalue weighted by Gasteiger charge is 2.16. The fourth-order valence-electron chi connectivity index (χ4n) is 3.42. The molecule has 0 saturated carbocycles. The third-order valence-corrected chi connectivity index (χ3v) is 5.37. The molecule has 3 aromatic carbocycles. The molecule has 3 aromatic rings. The molecule has 0 aromatic heterocycles. The second-order valence-corrected chi connectivity index (χ2v) is 7.63. The molecule has 10 nitrogen and oxygen atoms in total. The highest BCUT2D eigenvalue weighted by molar-refractivity contribution is 6.05. The maximum Gasteiger partial charge on any atom is 0.287 e. The van der Waals surface area contributed by atoms with Crippen molar-refractivity contribution < 1.29 is 33.3 Å². The summed E-state index contributed by atoms with van der Waals surface area (Å²) in [6, 6.07) is 16.9. The van der Waals surface area contributed by atoms with Crippen LogP contribution in [-0.2, 0) is 4.79 Å². The number of nitrogens with one attached hydrogen (secondary N) is 2. The lowest BCUT2D eigenvalue weighted by atomic mass is 10.1. The van der Waals surface area contributed by atoms with Gasteiger partial charge in [0.05, 0.1) is 41.8 Å². The minimum Gasteiger partial charge on any atom is -0.497 e. The molecule has 10 heteroatoms. The number of nitrogens with zero attached hydrogens (tertiary/aromatic N) is 1.